The van der Waals surface area contributed by atoms with Gasteiger partial charge in [-0.1, -0.05) is 48.8 Å². The summed E-state index contributed by atoms with van der Waals surface area (Å²) in [5.74, 6) is 0.973. The highest BCUT2D eigenvalue weighted by molar-refractivity contribution is 7.99. The summed E-state index contributed by atoms with van der Waals surface area (Å²) in [7, 11) is 0. The molecule has 0 amide bonds. The zero-order valence-electron chi connectivity index (χ0n) is 12.1. The molecule has 0 saturated carbocycles. The van der Waals surface area contributed by atoms with E-state index in [-0.39, 0.29) is 5.56 Å². The molecule has 0 spiro atoms. The molecule has 0 saturated heterocycles. The fraction of sp³-hybridized carbons (Fsp3) is 0.250. The van der Waals surface area contributed by atoms with Crippen molar-refractivity contribution in [3.05, 3.63) is 45.0 Å². The molecule has 0 unspecified atom stereocenters. The first-order chi connectivity index (χ1) is 10.7. The summed E-state index contributed by atoms with van der Waals surface area (Å²) in [6, 6.07) is 7.51. The fourth-order valence-corrected chi connectivity index (χ4v) is 4.23. The predicted molar refractivity (Wildman–Crippen MR) is 96.3 cm³/mol. The monoisotopic (exact) mass is 350 g/mol. The SMILES string of the molecule is CCCCSc1nc2scc(-c3ccc(Cl)cc3)c2c(=O)[nH]1. The van der Waals surface area contributed by atoms with E-state index in [1.807, 2.05) is 29.6 Å². The maximum absolute atomic E-state index is 12.4. The van der Waals surface area contributed by atoms with E-state index in [1.54, 1.807) is 11.8 Å². The Morgan fingerprint density at radius 3 is 2.82 bits per heavy atom. The van der Waals surface area contributed by atoms with Crippen LogP contribution in [0.1, 0.15) is 19.8 Å². The van der Waals surface area contributed by atoms with Crippen molar-refractivity contribution in [3.63, 3.8) is 0 Å². The van der Waals surface area contributed by atoms with Gasteiger partial charge in [0.05, 0.1) is 5.39 Å². The highest BCUT2D eigenvalue weighted by Crippen LogP contribution is 2.32. The van der Waals surface area contributed by atoms with Crippen molar-refractivity contribution in [2.75, 3.05) is 5.75 Å². The van der Waals surface area contributed by atoms with Crippen LogP contribution in [-0.2, 0) is 0 Å². The van der Waals surface area contributed by atoms with E-state index in [0.717, 1.165) is 34.6 Å². The molecule has 6 heteroatoms. The van der Waals surface area contributed by atoms with E-state index in [4.69, 9.17) is 11.6 Å². The van der Waals surface area contributed by atoms with Crippen molar-refractivity contribution in [1.82, 2.24) is 9.97 Å². The van der Waals surface area contributed by atoms with Gasteiger partial charge in [-0.3, -0.25) is 4.79 Å². The lowest BCUT2D eigenvalue weighted by Gasteiger charge is -2.02. The second-order valence-corrected chi connectivity index (χ2v) is 7.29. The van der Waals surface area contributed by atoms with Crippen molar-refractivity contribution in [1.29, 1.82) is 0 Å². The third kappa shape index (κ3) is 3.21. The highest BCUT2D eigenvalue weighted by Gasteiger charge is 2.13. The third-order valence-electron chi connectivity index (χ3n) is 3.31. The molecule has 0 aliphatic heterocycles. The van der Waals surface area contributed by atoms with Crippen molar-refractivity contribution < 1.29 is 0 Å². The van der Waals surface area contributed by atoms with Crippen LogP contribution in [0.25, 0.3) is 21.3 Å². The van der Waals surface area contributed by atoms with Gasteiger partial charge in [0.1, 0.15) is 4.83 Å². The molecule has 2 aromatic heterocycles. The first kappa shape index (κ1) is 15.6. The number of fused-ring (bicyclic) bond motifs is 1. The average molecular weight is 351 g/mol. The van der Waals surface area contributed by atoms with Crippen LogP contribution in [0, 0.1) is 0 Å². The molecule has 0 atom stereocenters. The number of benzene rings is 1. The number of thioether (sulfide) groups is 1. The largest absolute Gasteiger partial charge is 0.301 e. The quantitative estimate of drug-likeness (QED) is 0.391. The first-order valence-electron chi connectivity index (χ1n) is 7.09. The van der Waals surface area contributed by atoms with Crippen LogP contribution >= 0.6 is 34.7 Å². The van der Waals surface area contributed by atoms with Gasteiger partial charge in [-0.2, -0.15) is 0 Å². The maximum Gasteiger partial charge on any atom is 0.260 e. The summed E-state index contributed by atoms with van der Waals surface area (Å²) in [6.07, 6.45) is 2.26. The van der Waals surface area contributed by atoms with Crippen LogP contribution in [-0.4, -0.2) is 15.7 Å². The minimum absolute atomic E-state index is 0.0739. The summed E-state index contributed by atoms with van der Waals surface area (Å²) in [5, 5.41) is 4.03. The van der Waals surface area contributed by atoms with E-state index >= 15 is 0 Å². The average Bonchev–Trinajstić information content (AvgIpc) is 2.93. The lowest BCUT2D eigenvalue weighted by atomic mass is 10.1. The molecule has 114 valence electrons. The zero-order valence-corrected chi connectivity index (χ0v) is 14.4. The van der Waals surface area contributed by atoms with Crippen LogP contribution in [0.15, 0.2) is 39.6 Å². The van der Waals surface area contributed by atoms with Crippen molar-refractivity contribution in [2.24, 2.45) is 0 Å². The first-order valence-corrected chi connectivity index (χ1v) is 9.33. The Hall–Kier alpha value is -1.30. The summed E-state index contributed by atoms with van der Waals surface area (Å²) >= 11 is 9.03. The summed E-state index contributed by atoms with van der Waals surface area (Å²) in [4.78, 5) is 20.7. The van der Waals surface area contributed by atoms with Crippen LogP contribution in [0.2, 0.25) is 5.02 Å². The van der Waals surface area contributed by atoms with Gasteiger partial charge in [-0.15, -0.1) is 11.3 Å². The van der Waals surface area contributed by atoms with Gasteiger partial charge in [0, 0.05) is 21.7 Å². The second kappa shape index (κ2) is 6.86. The smallest absolute Gasteiger partial charge is 0.260 e. The lowest BCUT2D eigenvalue weighted by molar-refractivity contribution is 0.889. The standard InChI is InChI=1S/C16H15ClN2OS2/c1-2-3-8-21-16-18-14(20)13-12(9-22-15(13)19-16)10-4-6-11(17)7-5-10/h4-7,9H,2-3,8H2,1H3,(H,18,19,20). The Morgan fingerprint density at radius 2 is 2.09 bits per heavy atom. The van der Waals surface area contributed by atoms with Gasteiger partial charge in [-0.05, 0) is 24.1 Å². The molecule has 1 N–H and O–H groups in total. The molecule has 1 aromatic carbocycles. The number of aromatic amines is 1. The summed E-state index contributed by atoms with van der Waals surface area (Å²) < 4.78 is 0. The number of hydrogen-bond acceptors (Lipinski definition) is 4. The molecular formula is C16H15ClN2OS2. The highest BCUT2D eigenvalue weighted by atomic mass is 35.5. The Labute approximate surface area is 141 Å². The van der Waals surface area contributed by atoms with E-state index in [2.05, 4.69) is 16.9 Å². The van der Waals surface area contributed by atoms with E-state index in [0.29, 0.717) is 15.6 Å². The van der Waals surface area contributed by atoms with Crippen LogP contribution < -0.4 is 5.56 Å². The Morgan fingerprint density at radius 1 is 1.32 bits per heavy atom. The number of rotatable bonds is 5. The Balaban J connectivity index is 2.01. The topological polar surface area (TPSA) is 45.8 Å². The van der Waals surface area contributed by atoms with Crippen LogP contribution in [0.5, 0.6) is 0 Å². The fourth-order valence-electron chi connectivity index (χ4n) is 2.15. The number of halogens is 1. The molecule has 0 bridgehead atoms. The number of unbranched alkanes of at least 4 members (excludes halogenated alkanes) is 1. The van der Waals surface area contributed by atoms with Gasteiger partial charge in [0.25, 0.3) is 5.56 Å². The number of H-pyrrole nitrogens is 1. The van der Waals surface area contributed by atoms with Crippen LogP contribution in [0.3, 0.4) is 0 Å². The number of hydrogen-bond donors (Lipinski definition) is 1. The molecule has 0 aliphatic carbocycles. The van der Waals surface area contributed by atoms with Crippen LogP contribution in [0.4, 0.5) is 0 Å². The van der Waals surface area contributed by atoms with Crippen molar-refractivity contribution >= 4 is 44.9 Å². The summed E-state index contributed by atoms with van der Waals surface area (Å²) in [6.45, 7) is 2.15. The zero-order chi connectivity index (χ0) is 15.5. The van der Waals surface area contributed by atoms with Crippen molar-refractivity contribution in [2.45, 2.75) is 24.9 Å². The Bertz CT molecular complexity index is 839. The van der Waals surface area contributed by atoms with Crippen molar-refractivity contribution in [3.8, 4) is 11.1 Å². The number of nitrogens with zero attached hydrogens (tertiary/aromatic N) is 1. The molecule has 3 aromatic rings. The molecule has 3 nitrogen and oxygen atoms in total. The molecule has 3 rings (SSSR count). The lowest BCUT2D eigenvalue weighted by Crippen LogP contribution is -2.08. The minimum atomic E-state index is -0.0739. The second-order valence-electron chi connectivity index (χ2n) is 4.91. The predicted octanol–water partition coefficient (Wildman–Crippen LogP) is 5.20. The van der Waals surface area contributed by atoms with Gasteiger partial charge >= 0.3 is 0 Å². The van der Waals surface area contributed by atoms with E-state index in [1.165, 1.54) is 11.3 Å². The molecule has 0 fully saturated rings. The number of thiophene rings is 1. The molecule has 2 heterocycles. The maximum atomic E-state index is 12.4. The summed E-state index contributed by atoms with van der Waals surface area (Å²) in [5.41, 5.74) is 1.82. The van der Waals surface area contributed by atoms with E-state index in [9.17, 15) is 4.79 Å². The number of aromatic nitrogens is 2. The molecule has 0 radical (unpaired) electrons. The van der Waals surface area contributed by atoms with E-state index < -0.39 is 0 Å². The van der Waals surface area contributed by atoms with Gasteiger partial charge in [0.2, 0.25) is 0 Å². The molecule has 22 heavy (non-hydrogen) atoms. The van der Waals surface area contributed by atoms with Gasteiger partial charge in [-0.25, -0.2) is 4.98 Å². The normalized spacial score (nSPS) is 11.2. The number of nitrogens with one attached hydrogen (secondary N) is 1. The van der Waals surface area contributed by atoms with Gasteiger partial charge in [0.15, 0.2) is 5.16 Å². The Kier molecular flexibility index (Phi) is 4.86. The molecular weight excluding hydrogens is 336 g/mol. The van der Waals surface area contributed by atoms with Gasteiger partial charge < -0.3 is 4.98 Å². The molecule has 0 aliphatic rings. The third-order valence-corrected chi connectivity index (χ3v) is 5.40. The minimum Gasteiger partial charge on any atom is -0.301 e.